The molecule has 0 radical (unpaired) electrons. The number of nitrogens with zero attached hydrogens (tertiary/aromatic N) is 1. The van der Waals surface area contributed by atoms with Crippen LogP contribution in [0, 0.1) is 6.92 Å². The van der Waals surface area contributed by atoms with Crippen molar-refractivity contribution >= 4 is 22.8 Å². The van der Waals surface area contributed by atoms with E-state index in [2.05, 4.69) is 51.9 Å². The maximum atomic E-state index is 11.5. The van der Waals surface area contributed by atoms with Gasteiger partial charge in [0, 0.05) is 37.2 Å². The molecule has 29 heavy (non-hydrogen) atoms. The van der Waals surface area contributed by atoms with Crippen LogP contribution >= 0.6 is 0 Å². The van der Waals surface area contributed by atoms with E-state index >= 15 is 0 Å². The number of fused-ring (bicyclic) bond motifs is 1. The number of nitrogens with one attached hydrogen (secondary N) is 3. The van der Waals surface area contributed by atoms with Gasteiger partial charge < -0.3 is 20.4 Å². The van der Waals surface area contributed by atoms with Gasteiger partial charge in [-0.05, 0) is 54.7 Å². The van der Waals surface area contributed by atoms with Crippen molar-refractivity contribution < 1.29 is 9.53 Å². The van der Waals surface area contributed by atoms with E-state index < -0.39 is 0 Å². The lowest BCUT2D eigenvalue weighted by atomic mass is 10.1. The summed E-state index contributed by atoms with van der Waals surface area (Å²) in [5.74, 6) is 0.469. The molecule has 3 N–H and O–H groups in total. The van der Waals surface area contributed by atoms with Crippen molar-refractivity contribution in [3.05, 3.63) is 70.9 Å². The summed E-state index contributed by atoms with van der Waals surface area (Å²) in [6.07, 6.45) is 3.84. The number of methoxy groups -OCH3 is 1. The lowest BCUT2D eigenvalue weighted by molar-refractivity contribution is 0.0600. The average Bonchev–Trinajstić information content (AvgIpc) is 3.14. The van der Waals surface area contributed by atoms with Crippen molar-refractivity contribution in [3.63, 3.8) is 0 Å². The van der Waals surface area contributed by atoms with Gasteiger partial charge in [-0.15, -0.1) is 0 Å². The lowest BCUT2D eigenvalue weighted by Crippen LogP contribution is -2.39. The zero-order valence-electron chi connectivity index (χ0n) is 17.2. The van der Waals surface area contributed by atoms with E-state index in [1.807, 2.05) is 12.1 Å². The molecule has 152 valence electrons. The minimum atomic E-state index is -0.315. The molecule has 1 heterocycles. The zero-order valence-corrected chi connectivity index (χ0v) is 17.2. The Kier molecular flexibility index (Phi) is 6.89. The molecule has 0 fully saturated rings. The number of rotatable bonds is 7. The van der Waals surface area contributed by atoms with Gasteiger partial charge in [-0.1, -0.05) is 24.3 Å². The second kappa shape index (κ2) is 9.78. The largest absolute Gasteiger partial charge is 0.465 e. The van der Waals surface area contributed by atoms with Crippen molar-refractivity contribution in [1.82, 2.24) is 15.6 Å². The number of aromatic amines is 1. The average molecular weight is 393 g/mol. The first-order valence-corrected chi connectivity index (χ1v) is 9.79. The summed E-state index contributed by atoms with van der Waals surface area (Å²) >= 11 is 0. The van der Waals surface area contributed by atoms with Gasteiger partial charge in [0.15, 0.2) is 5.96 Å². The molecule has 3 rings (SSSR count). The van der Waals surface area contributed by atoms with Crippen LogP contribution in [-0.2, 0) is 17.6 Å². The summed E-state index contributed by atoms with van der Waals surface area (Å²) in [6, 6.07) is 14.0. The maximum Gasteiger partial charge on any atom is 0.337 e. The van der Waals surface area contributed by atoms with Crippen molar-refractivity contribution in [1.29, 1.82) is 0 Å². The smallest absolute Gasteiger partial charge is 0.337 e. The number of H-pyrrole nitrogens is 1. The number of aromatic nitrogens is 1. The van der Waals surface area contributed by atoms with E-state index in [1.54, 1.807) is 19.2 Å². The molecule has 3 aromatic rings. The van der Waals surface area contributed by atoms with Crippen LogP contribution in [0.2, 0.25) is 0 Å². The number of aliphatic imine (C=N–C) groups is 1. The molecular formula is C23H28N4O2. The number of carbonyl (C=O) groups excluding carboxylic acids is 1. The van der Waals surface area contributed by atoms with E-state index in [0.29, 0.717) is 5.56 Å². The molecule has 6 nitrogen and oxygen atoms in total. The van der Waals surface area contributed by atoms with Crippen molar-refractivity contribution in [2.45, 2.75) is 19.8 Å². The van der Waals surface area contributed by atoms with Crippen LogP contribution in [0.5, 0.6) is 0 Å². The van der Waals surface area contributed by atoms with Crippen LogP contribution in [0.15, 0.2) is 53.7 Å². The third-order valence-electron chi connectivity index (χ3n) is 4.91. The third kappa shape index (κ3) is 5.38. The first kappa shape index (κ1) is 20.5. The molecule has 0 saturated heterocycles. The van der Waals surface area contributed by atoms with Crippen molar-refractivity contribution in [2.24, 2.45) is 4.99 Å². The van der Waals surface area contributed by atoms with Crippen molar-refractivity contribution in [3.8, 4) is 0 Å². The number of aryl methyl sites for hydroxylation is 1. The maximum absolute atomic E-state index is 11.5. The minimum absolute atomic E-state index is 0.315. The number of hydrogen-bond acceptors (Lipinski definition) is 3. The monoisotopic (exact) mass is 392 g/mol. The number of benzene rings is 2. The van der Waals surface area contributed by atoms with Gasteiger partial charge in [-0.25, -0.2) is 4.79 Å². The Hall–Kier alpha value is -3.28. The van der Waals surface area contributed by atoms with E-state index in [1.165, 1.54) is 29.1 Å². The standard InChI is InChI=1S/C23H28N4O2/c1-16-4-9-20-19(15-27-21(20)14-16)11-13-26-23(24-2)25-12-10-17-5-7-18(8-6-17)22(28)29-3/h4-9,14-15,27H,10-13H2,1-3H3,(H2,24,25,26). The highest BCUT2D eigenvalue weighted by Gasteiger charge is 2.06. The molecule has 0 aliphatic heterocycles. The number of esters is 1. The summed E-state index contributed by atoms with van der Waals surface area (Å²) in [7, 11) is 3.16. The Balaban J connectivity index is 1.44. The summed E-state index contributed by atoms with van der Waals surface area (Å²) in [6.45, 7) is 3.66. The van der Waals surface area contributed by atoms with E-state index in [-0.39, 0.29) is 5.97 Å². The summed E-state index contributed by atoms with van der Waals surface area (Å²) < 4.78 is 4.72. The molecule has 0 bridgehead atoms. The summed E-state index contributed by atoms with van der Waals surface area (Å²) in [5.41, 5.74) is 5.45. The van der Waals surface area contributed by atoms with Gasteiger partial charge >= 0.3 is 5.97 Å². The van der Waals surface area contributed by atoms with Gasteiger partial charge in [0.1, 0.15) is 0 Å². The van der Waals surface area contributed by atoms with E-state index in [4.69, 9.17) is 4.74 Å². The van der Waals surface area contributed by atoms with Gasteiger partial charge in [0.25, 0.3) is 0 Å². The van der Waals surface area contributed by atoms with Crippen LogP contribution in [0.3, 0.4) is 0 Å². The minimum Gasteiger partial charge on any atom is -0.465 e. The Morgan fingerprint density at radius 2 is 1.79 bits per heavy atom. The number of guanidine groups is 1. The quantitative estimate of drug-likeness (QED) is 0.328. The number of carbonyl (C=O) groups is 1. The van der Waals surface area contributed by atoms with Crippen LogP contribution in [0.4, 0.5) is 0 Å². The molecule has 0 spiro atoms. The molecule has 6 heteroatoms. The molecule has 2 aromatic carbocycles. The molecule has 0 amide bonds. The molecular weight excluding hydrogens is 364 g/mol. The van der Waals surface area contributed by atoms with E-state index in [9.17, 15) is 4.79 Å². The predicted molar refractivity (Wildman–Crippen MR) is 118 cm³/mol. The molecule has 0 atom stereocenters. The summed E-state index contributed by atoms with van der Waals surface area (Å²) in [5, 5.41) is 7.97. The first-order chi connectivity index (χ1) is 14.1. The normalized spacial score (nSPS) is 11.5. The second-order valence-electron chi connectivity index (χ2n) is 6.98. The van der Waals surface area contributed by atoms with E-state index in [0.717, 1.165) is 37.5 Å². The van der Waals surface area contributed by atoms with Crippen LogP contribution < -0.4 is 10.6 Å². The second-order valence-corrected chi connectivity index (χ2v) is 6.98. The highest BCUT2D eigenvalue weighted by atomic mass is 16.5. The first-order valence-electron chi connectivity index (χ1n) is 9.79. The Morgan fingerprint density at radius 3 is 2.48 bits per heavy atom. The number of ether oxygens (including phenoxy) is 1. The predicted octanol–water partition coefficient (Wildman–Crippen LogP) is 3.21. The molecule has 0 saturated carbocycles. The fourth-order valence-electron chi connectivity index (χ4n) is 3.29. The molecule has 0 unspecified atom stereocenters. The Bertz CT molecular complexity index is 990. The van der Waals surface area contributed by atoms with Crippen molar-refractivity contribution in [2.75, 3.05) is 27.2 Å². The fraction of sp³-hybridized carbons (Fsp3) is 0.304. The summed E-state index contributed by atoms with van der Waals surface area (Å²) in [4.78, 5) is 19.1. The van der Waals surface area contributed by atoms with Crippen LogP contribution in [-0.4, -0.2) is 44.2 Å². The van der Waals surface area contributed by atoms with Gasteiger partial charge in [-0.2, -0.15) is 0 Å². The highest BCUT2D eigenvalue weighted by Crippen LogP contribution is 2.19. The van der Waals surface area contributed by atoms with Gasteiger partial charge in [0.05, 0.1) is 12.7 Å². The topological polar surface area (TPSA) is 78.5 Å². The molecule has 1 aromatic heterocycles. The number of hydrogen-bond donors (Lipinski definition) is 3. The Morgan fingerprint density at radius 1 is 1.07 bits per heavy atom. The van der Waals surface area contributed by atoms with Crippen LogP contribution in [0.25, 0.3) is 10.9 Å². The van der Waals surface area contributed by atoms with Gasteiger partial charge in [0.2, 0.25) is 0 Å². The lowest BCUT2D eigenvalue weighted by Gasteiger charge is -2.12. The van der Waals surface area contributed by atoms with Crippen LogP contribution in [0.1, 0.15) is 27.0 Å². The molecule has 0 aliphatic carbocycles. The highest BCUT2D eigenvalue weighted by molar-refractivity contribution is 5.89. The van der Waals surface area contributed by atoms with Gasteiger partial charge in [-0.3, -0.25) is 4.99 Å². The molecule has 0 aliphatic rings. The zero-order chi connectivity index (χ0) is 20.6. The SMILES string of the molecule is CN=C(NCCc1ccc(C(=O)OC)cc1)NCCc1c[nH]c2cc(C)ccc12. The fourth-order valence-corrected chi connectivity index (χ4v) is 3.29. The Labute approximate surface area is 171 Å². The third-order valence-corrected chi connectivity index (χ3v) is 4.91.